The molecular formula is C18H13ClF2N4O3. The Morgan fingerprint density at radius 1 is 1.07 bits per heavy atom. The average molecular weight is 407 g/mol. The molecule has 28 heavy (non-hydrogen) atoms. The van der Waals surface area contributed by atoms with Gasteiger partial charge in [-0.25, -0.2) is 8.78 Å². The van der Waals surface area contributed by atoms with Crippen molar-refractivity contribution in [1.29, 1.82) is 0 Å². The van der Waals surface area contributed by atoms with E-state index in [4.69, 9.17) is 11.6 Å². The van der Waals surface area contributed by atoms with Crippen molar-refractivity contribution >= 4 is 23.4 Å². The minimum Gasteiger partial charge on any atom is -0.507 e. The normalized spacial score (nSPS) is 10.6. The first-order valence-electron chi connectivity index (χ1n) is 7.84. The van der Waals surface area contributed by atoms with Crippen LogP contribution in [0, 0.1) is 11.6 Å². The van der Waals surface area contributed by atoms with Crippen molar-refractivity contribution in [2.24, 2.45) is 7.05 Å². The first-order valence-corrected chi connectivity index (χ1v) is 8.22. The number of aromatic hydroxyl groups is 1. The van der Waals surface area contributed by atoms with Gasteiger partial charge in [0.25, 0.3) is 11.8 Å². The van der Waals surface area contributed by atoms with E-state index in [9.17, 15) is 23.5 Å². The van der Waals surface area contributed by atoms with E-state index in [1.807, 2.05) is 0 Å². The van der Waals surface area contributed by atoms with Crippen molar-refractivity contribution in [1.82, 2.24) is 20.6 Å². The number of carbonyl (C=O) groups excluding carboxylic acids is 2. The highest BCUT2D eigenvalue weighted by molar-refractivity contribution is 6.31. The van der Waals surface area contributed by atoms with Gasteiger partial charge in [-0.05, 0) is 30.3 Å². The van der Waals surface area contributed by atoms with Crippen molar-refractivity contribution in [3.8, 4) is 17.0 Å². The van der Waals surface area contributed by atoms with Gasteiger partial charge in [-0.1, -0.05) is 11.6 Å². The second kappa shape index (κ2) is 7.65. The van der Waals surface area contributed by atoms with Crippen molar-refractivity contribution in [2.75, 3.05) is 0 Å². The molecule has 0 radical (unpaired) electrons. The van der Waals surface area contributed by atoms with E-state index >= 15 is 0 Å². The van der Waals surface area contributed by atoms with Crippen LogP contribution in [0.4, 0.5) is 8.78 Å². The average Bonchev–Trinajstić information content (AvgIpc) is 3.03. The molecule has 0 saturated heterocycles. The van der Waals surface area contributed by atoms with Gasteiger partial charge in [0, 0.05) is 29.9 Å². The van der Waals surface area contributed by atoms with E-state index in [2.05, 4.69) is 16.0 Å². The summed E-state index contributed by atoms with van der Waals surface area (Å²) in [6.07, 6.45) is 1.32. The number of aryl methyl sites for hydroxylation is 1. The Morgan fingerprint density at radius 2 is 1.75 bits per heavy atom. The number of nitrogens with zero attached hydrogens (tertiary/aromatic N) is 2. The molecule has 0 unspecified atom stereocenters. The number of hydrazine groups is 1. The number of rotatable bonds is 3. The number of phenolic OH excluding ortho intramolecular Hbond substituents is 1. The number of aromatic nitrogens is 2. The summed E-state index contributed by atoms with van der Waals surface area (Å²) in [5.74, 6) is -3.59. The summed E-state index contributed by atoms with van der Waals surface area (Å²) < 4.78 is 28.5. The van der Waals surface area contributed by atoms with Crippen LogP contribution in [0.15, 0.2) is 42.6 Å². The molecule has 7 nitrogen and oxygen atoms in total. The van der Waals surface area contributed by atoms with Gasteiger partial charge in [0.15, 0.2) is 0 Å². The number of nitrogens with one attached hydrogen (secondary N) is 2. The van der Waals surface area contributed by atoms with Crippen molar-refractivity contribution in [2.45, 2.75) is 0 Å². The zero-order valence-corrected chi connectivity index (χ0v) is 15.1. The first kappa shape index (κ1) is 19.3. The van der Waals surface area contributed by atoms with E-state index in [1.165, 1.54) is 36.1 Å². The van der Waals surface area contributed by atoms with Crippen molar-refractivity contribution in [3.63, 3.8) is 0 Å². The minimum absolute atomic E-state index is 0.0302. The summed E-state index contributed by atoms with van der Waals surface area (Å²) in [5, 5.41) is 14.0. The maximum absolute atomic E-state index is 14.1. The zero-order valence-electron chi connectivity index (χ0n) is 14.3. The van der Waals surface area contributed by atoms with Crippen LogP contribution in [0.25, 0.3) is 11.3 Å². The van der Waals surface area contributed by atoms with E-state index < -0.39 is 23.4 Å². The smallest absolute Gasteiger partial charge is 0.273 e. The molecule has 3 rings (SSSR count). The molecule has 0 fully saturated rings. The molecule has 0 saturated carbocycles. The van der Waals surface area contributed by atoms with Crippen LogP contribution in [0.2, 0.25) is 5.02 Å². The Kier molecular flexibility index (Phi) is 5.27. The molecule has 3 aromatic rings. The van der Waals surface area contributed by atoms with Gasteiger partial charge in [-0.15, -0.1) is 0 Å². The third kappa shape index (κ3) is 3.94. The predicted octanol–water partition coefficient (Wildman–Crippen LogP) is 2.80. The van der Waals surface area contributed by atoms with Crippen LogP contribution >= 0.6 is 11.6 Å². The molecule has 2 amide bonds. The Morgan fingerprint density at radius 3 is 2.43 bits per heavy atom. The van der Waals surface area contributed by atoms with Gasteiger partial charge in [0.1, 0.15) is 23.1 Å². The number of phenols is 1. The number of hydrogen-bond acceptors (Lipinski definition) is 4. The molecule has 144 valence electrons. The Balaban J connectivity index is 1.82. The number of amides is 2. The van der Waals surface area contributed by atoms with Gasteiger partial charge in [-0.2, -0.15) is 5.10 Å². The largest absolute Gasteiger partial charge is 0.507 e. The van der Waals surface area contributed by atoms with Gasteiger partial charge in [0.2, 0.25) is 0 Å². The lowest BCUT2D eigenvalue weighted by Gasteiger charge is -2.09. The lowest BCUT2D eigenvalue weighted by Crippen LogP contribution is -2.41. The molecule has 0 aliphatic carbocycles. The standard InChI is InChI=1S/C18H13ClF2N4O3/c1-25-8-13(16(24-25)11-4-3-10(20)7-14(11)21)18(28)23-22-17(27)12-6-9(19)2-5-15(12)26/h2-8,26H,1H3,(H,22,27)(H,23,28). The number of halogens is 3. The molecule has 0 atom stereocenters. The van der Waals surface area contributed by atoms with Gasteiger partial charge < -0.3 is 5.11 Å². The van der Waals surface area contributed by atoms with Crippen molar-refractivity contribution < 1.29 is 23.5 Å². The molecule has 0 aliphatic rings. The summed E-state index contributed by atoms with van der Waals surface area (Å²) in [6, 6.07) is 6.73. The SMILES string of the molecule is Cn1cc(C(=O)NNC(=O)c2cc(Cl)ccc2O)c(-c2ccc(F)cc2F)n1. The number of hydrogen-bond donors (Lipinski definition) is 3. The molecule has 0 spiro atoms. The quantitative estimate of drug-likeness (QED) is 0.583. The van der Waals surface area contributed by atoms with Gasteiger partial charge in [0.05, 0.1) is 11.1 Å². The van der Waals surface area contributed by atoms with Gasteiger partial charge >= 0.3 is 0 Å². The third-order valence-electron chi connectivity index (χ3n) is 3.75. The lowest BCUT2D eigenvalue weighted by molar-refractivity contribution is 0.0845. The molecular weight excluding hydrogens is 394 g/mol. The first-order chi connectivity index (χ1) is 13.3. The summed E-state index contributed by atoms with van der Waals surface area (Å²) >= 11 is 5.79. The predicted molar refractivity (Wildman–Crippen MR) is 96.6 cm³/mol. The van der Waals surface area contributed by atoms with Crippen LogP contribution in [0.3, 0.4) is 0 Å². The molecule has 1 heterocycles. The van der Waals surface area contributed by atoms with Crippen molar-refractivity contribution in [3.05, 3.63) is 70.4 Å². The number of carbonyl (C=O) groups is 2. The fourth-order valence-electron chi connectivity index (χ4n) is 2.47. The fraction of sp³-hybridized carbons (Fsp3) is 0.0556. The highest BCUT2D eigenvalue weighted by Gasteiger charge is 2.21. The highest BCUT2D eigenvalue weighted by atomic mass is 35.5. The van der Waals surface area contributed by atoms with Crippen LogP contribution in [-0.4, -0.2) is 26.7 Å². The maximum Gasteiger partial charge on any atom is 0.273 e. The third-order valence-corrected chi connectivity index (χ3v) is 3.99. The maximum atomic E-state index is 14.1. The summed E-state index contributed by atoms with van der Waals surface area (Å²) in [5.41, 5.74) is 3.98. The molecule has 0 aliphatic heterocycles. The molecule has 0 bridgehead atoms. The van der Waals surface area contributed by atoms with E-state index in [1.54, 1.807) is 0 Å². The fourth-order valence-corrected chi connectivity index (χ4v) is 2.65. The second-order valence-corrected chi connectivity index (χ2v) is 6.20. The van der Waals surface area contributed by atoms with Gasteiger partial charge in [-0.3, -0.25) is 25.1 Å². The summed E-state index contributed by atoms with van der Waals surface area (Å²) in [4.78, 5) is 24.6. The Hall–Kier alpha value is -3.46. The van der Waals surface area contributed by atoms with E-state index in [0.29, 0.717) is 6.07 Å². The lowest BCUT2D eigenvalue weighted by atomic mass is 10.1. The zero-order chi connectivity index (χ0) is 20.4. The molecule has 3 N–H and O–H groups in total. The van der Waals surface area contributed by atoms with E-state index in [-0.39, 0.29) is 33.2 Å². The Bertz CT molecular complexity index is 1080. The monoisotopic (exact) mass is 406 g/mol. The van der Waals surface area contributed by atoms with E-state index in [0.717, 1.165) is 12.1 Å². The van der Waals surface area contributed by atoms with Crippen LogP contribution < -0.4 is 10.9 Å². The molecule has 10 heteroatoms. The topological polar surface area (TPSA) is 96.2 Å². The van der Waals surface area contributed by atoms with Crippen LogP contribution in [0.1, 0.15) is 20.7 Å². The minimum atomic E-state index is -0.888. The second-order valence-electron chi connectivity index (χ2n) is 5.76. The molecule has 1 aromatic heterocycles. The van der Waals surface area contributed by atoms with Crippen LogP contribution in [-0.2, 0) is 7.05 Å². The van der Waals surface area contributed by atoms with Crippen LogP contribution in [0.5, 0.6) is 5.75 Å². The number of benzene rings is 2. The summed E-state index contributed by atoms with van der Waals surface area (Å²) in [7, 11) is 1.52. The highest BCUT2D eigenvalue weighted by Crippen LogP contribution is 2.25. The Labute approximate surface area is 162 Å². The summed E-state index contributed by atoms with van der Waals surface area (Å²) in [6.45, 7) is 0. The molecule has 2 aromatic carbocycles.